The number of hydrogen-bond acceptors (Lipinski definition) is 4. The minimum Gasteiger partial charge on any atom is -0.368 e. The molecule has 0 unspecified atom stereocenters. The van der Waals surface area contributed by atoms with E-state index < -0.39 is 23.1 Å². The monoisotopic (exact) mass is 374 g/mol. The van der Waals surface area contributed by atoms with Crippen LogP contribution in [0.5, 0.6) is 0 Å². The number of hydrogen-bond donors (Lipinski definition) is 0. The highest BCUT2D eigenvalue weighted by Crippen LogP contribution is 2.35. The maximum absolute atomic E-state index is 14.1. The van der Waals surface area contributed by atoms with Gasteiger partial charge in [0, 0.05) is 31.9 Å². The molecule has 0 aromatic heterocycles. The number of piperazine rings is 1. The van der Waals surface area contributed by atoms with Gasteiger partial charge < -0.3 is 9.80 Å². The smallest absolute Gasteiger partial charge is 0.368 e. The molecular weight excluding hydrogens is 360 g/mol. The van der Waals surface area contributed by atoms with Crippen LogP contribution in [0.2, 0.25) is 0 Å². The molecule has 0 atom stereocenters. The van der Waals surface area contributed by atoms with Crippen molar-refractivity contribution in [1.29, 1.82) is 10.5 Å². The zero-order valence-corrected chi connectivity index (χ0v) is 14.1. The van der Waals surface area contributed by atoms with E-state index in [1.54, 1.807) is 15.9 Å². The van der Waals surface area contributed by atoms with Gasteiger partial charge in [-0.05, 0) is 36.4 Å². The van der Waals surface area contributed by atoms with E-state index in [0.29, 0.717) is 37.6 Å². The molecule has 138 valence electrons. The predicted molar refractivity (Wildman–Crippen MR) is 91.7 cm³/mol. The van der Waals surface area contributed by atoms with Gasteiger partial charge in [0.25, 0.3) is 0 Å². The van der Waals surface area contributed by atoms with Crippen LogP contribution in [-0.2, 0) is 6.18 Å². The Morgan fingerprint density at radius 1 is 0.852 bits per heavy atom. The maximum Gasteiger partial charge on any atom is 0.417 e. The van der Waals surface area contributed by atoms with Gasteiger partial charge in [-0.25, -0.2) is 4.39 Å². The second kappa shape index (κ2) is 7.16. The molecule has 0 bridgehead atoms. The summed E-state index contributed by atoms with van der Waals surface area (Å²) in [7, 11) is 0. The van der Waals surface area contributed by atoms with E-state index in [0.717, 1.165) is 12.1 Å². The van der Waals surface area contributed by atoms with Crippen molar-refractivity contribution in [2.75, 3.05) is 36.0 Å². The van der Waals surface area contributed by atoms with E-state index in [2.05, 4.69) is 0 Å². The summed E-state index contributed by atoms with van der Waals surface area (Å²) >= 11 is 0. The standard InChI is InChI=1S/C19H14F4N4/c20-17-9-13(11-24)1-4-18(17)27-7-5-26(6-8-27)15-3-2-14(12-25)16(10-15)19(21,22)23/h1-4,9-10H,5-8H2. The van der Waals surface area contributed by atoms with Gasteiger partial charge in [0.05, 0.1) is 34.5 Å². The van der Waals surface area contributed by atoms with Crippen LogP contribution in [0.15, 0.2) is 36.4 Å². The average Bonchev–Trinajstić information content (AvgIpc) is 2.67. The molecule has 3 rings (SSSR count). The highest BCUT2D eigenvalue weighted by Gasteiger charge is 2.34. The lowest BCUT2D eigenvalue weighted by molar-refractivity contribution is -0.137. The van der Waals surface area contributed by atoms with Crippen molar-refractivity contribution in [2.45, 2.75) is 6.18 Å². The molecule has 27 heavy (non-hydrogen) atoms. The number of halogens is 4. The molecule has 0 saturated carbocycles. The van der Waals surface area contributed by atoms with Crippen LogP contribution >= 0.6 is 0 Å². The number of rotatable bonds is 2. The molecule has 1 heterocycles. The van der Waals surface area contributed by atoms with Gasteiger partial charge in [-0.1, -0.05) is 0 Å². The third-order valence-corrected chi connectivity index (χ3v) is 4.49. The molecule has 0 radical (unpaired) electrons. The normalized spacial score (nSPS) is 14.6. The molecule has 0 N–H and O–H groups in total. The molecule has 2 aromatic rings. The van der Waals surface area contributed by atoms with Gasteiger partial charge in [-0.2, -0.15) is 23.7 Å². The van der Waals surface area contributed by atoms with Gasteiger partial charge in [0.2, 0.25) is 0 Å². The van der Waals surface area contributed by atoms with Crippen molar-refractivity contribution >= 4 is 11.4 Å². The Morgan fingerprint density at radius 3 is 2.07 bits per heavy atom. The summed E-state index contributed by atoms with van der Waals surface area (Å²) in [5.74, 6) is -0.500. The number of anilines is 2. The zero-order valence-electron chi connectivity index (χ0n) is 14.1. The first-order valence-electron chi connectivity index (χ1n) is 8.14. The highest BCUT2D eigenvalue weighted by molar-refractivity contribution is 5.57. The van der Waals surface area contributed by atoms with Crippen molar-refractivity contribution in [3.05, 3.63) is 58.9 Å². The maximum atomic E-state index is 14.1. The minimum atomic E-state index is -4.60. The molecule has 0 spiro atoms. The first-order valence-corrected chi connectivity index (χ1v) is 8.14. The molecule has 4 nitrogen and oxygen atoms in total. The Labute approximate surface area is 153 Å². The SMILES string of the molecule is N#Cc1ccc(N2CCN(c3ccc(C#N)c(C(F)(F)F)c3)CC2)c(F)c1. The first kappa shape index (κ1) is 18.5. The summed E-state index contributed by atoms with van der Waals surface area (Å²) in [5, 5.41) is 17.7. The van der Waals surface area contributed by atoms with Gasteiger partial charge in [0.15, 0.2) is 0 Å². The molecule has 2 aromatic carbocycles. The van der Waals surface area contributed by atoms with E-state index in [9.17, 15) is 17.6 Å². The topological polar surface area (TPSA) is 54.1 Å². The van der Waals surface area contributed by atoms with Gasteiger partial charge in [-0.15, -0.1) is 0 Å². The third-order valence-electron chi connectivity index (χ3n) is 4.49. The quantitative estimate of drug-likeness (QED) is 0.748. The largest absolute Gasteiger partial charge is 0.417 e. The summed E-state index contributed by atoms with van der Waals surface area (Å²) in [5.41, 5.74) is -0.398. The van der Waals surface area contributed by atoms with E-state index in [4.69, 9.17) is 10.5 Å². The second-order valence-corrected chi connectivity index (χ2v) is 6.09. The third kappa shape index (κ3) is 3.80. The Bertz CT molecular complexity index is 932. The molecule has 1 fully saturated rings. The van der Waals surface area contributed by atoms with E-state index >= 15 is 0 Å². The summed E-state index contributed by atoms with van der Waals surface area (Å²) in [6, 6.07) is 11.3. The molecule has 1 aliphatic rings. The molecule has 1 saturated heterocycles. The number of alkyl halides is 3. The van der Waals surface area contributed by atoms with Crippen molar-refractivity contribution in [3.8, 4) is 12.1 Å². The summed E-state index contributed by atoms with van der Waals surface area (Å²) in [6.45, 7) is 1.65. The fraction of sp³-hybridized carbons (Fsp3) is 0.263. The summed E-state index contributed by atoms with van der Waals surface area (Å²) in [6.07, 6.45) is -4.60. The van der Waals surface area contributed by atoms with Gasteiger partial charge in [0.1, 0.15) is 5.82 Å². The average molecular weight is 374 g/mol. The Hall–Kier alpha value is -3.26. The summed E-state index contributed by atoms with van der Waals surface area (Å²) < 4.78 is 53.5. The van der Waals surface area contributed by atoms with Crippen molar-refractivity contribution in [3.63, 3.8) is 0 Å². The van der Waals surface area contributed by atoms with Crippen molar-refractivity contribution in [1.82, 2.24) is 0 Å². The zero-order chi connectivity index (χ0) is 19.6. The lowest BCUT2D eigenvalue weighted by Gasteiger charge is -2.37. The number of nitriles is 2. The summed E-state index contributed by atoms with van der Waals surface area (Å²) in [4.78, 5) is 3.57. The van der Waals surface area contributed by atoms with Crippen LogP contribution < -0.4 is 9.80 Å². The van der Waals surface area contributed by atoms with Crippen molar-refractivity contribution in [2.24, 2.45) is 0 Å². The van der Waals surface area contributed by atoms with Crippen LogP contribution in [-0.4, -0.2) is 26.2 Å². The van der Waals surface area contributed by atoms with Gasteiger partial charge in [-0.3, -0.25) is 0 Å². The van der Waals surface area contributed by atoms with Gasteiger partial charge >= 0.3 is 6.18 Å². The number of nitrogens with zero attached hydrogens (tertiary/aromatic N) is 4. The van der Waals surface area contributed by atoms with Crippen LogP contribution in [0.25, 0.3) is 0 Å². The molecule has 8 heteroatoms. The Kier molecular flexibility index (Phi) is 4.91. The van der Waals surface area contributed by atoms with Crippen LogP contribution in [0.4, 0.5) is 28.9 Å². The van der Waals surface area contributed by atoms with Crippen LogP contribution in [0.3, 0.4) is 0 Å². The minimum absolute atomic E-state index is 0.229. The Balaban J connectivity index is 1.77. The predicted octanol–water partition coefficient (Wildman–Crippen LogP) is 3.91. The molecule has 1 aliphatic heterocycles. The molecule has 0 aliphatic carbocycles. The number of benzene rings is 2. The fourth-order valence-corrected chi connectivity index (χ4v) is 3.10. The van der Waals surface area contributed by atoms with Crippen LogP contribution in [0.1, 0.15) is 16.7 Å². The fourth-order valence-electron chi connectivity index (χ4n) is 3.10. The molecular formula is C19H14F4N4. The highest BCUT2D eigenvalue weighted by atomic mass is 19.4. The van der Waals surface area contributed by atoms with E-state index in [-0.39, 0.29) is 5.56 Å². The first-order chi connectivity index (χ1) is 12.8. The second-order valence-electron chi connectivity index (χ2n) is 6.09. The van der Waals surface area contributed by atoms with E-state index in [1.165, 1.54) is 24.3 Å². The molecule has 0 amide bonds. The lowest BCUT2D eigenvalue weighted by atomic mass is 10.1. The Morgan fingerprint density at radius 2 is 1.52 bits per heavy atom. The van der Waals surface area contributed by atoms with Crippen LogP contribution in [0, 0.1) is 28.5 Å². The lowest BCUT2D eigenvalue weighted by Crippen LogP contribution is -2.46. The van der Waals surface area contributed by atoms with E-state index in [1.807, 2.05) is 6.07 Å². The van der Waals surface area contributed by atoms with Crippen molar-refractivity contribution < 1.29 is 17.6 Å².